The number of aliphatic carboxylic acids is 1. The van der Waals surface area contributed by atoms with Crippen molar-refractivity contribution >= 4 is 17.6 Å². The van der Waals surface area contributed by atoms with Gasteiger partial charge in [0.25, 0.3) is 0 Å². The van der Waals surface area contributed by atoms with E-state index in [9.17, 15) is 4.79 Å². The molecule has 1 aliphatic rings. The van der Waals surface area contributed by atoms with Gasteiger partial charge in [0.1, 0.15) is 5.15 Å². The van der Waals surface area contributed by atoms with E-state index in [0.29, 0.717) is 23.6 Å². The molecule has 1 fully saturated rings. The lowest BCUT2D eigenvalue weighted by molar-refractivity contribution is -0.140. The molecular formula is C10H10ClNO2. The molecule has 1 aliphatic carbocycles. The van der Waals surface area contributed by atoms with Gasteiger partial charge in [-0.3, -0.25) is 4.79 Å². The third kappa shape index (κ3) is 1.28. The molecule has 1 heterocycles. The third-order valence-electron chi connectivity index (χ3n) is 2.66. The second-order valence-electron chi connectivity index (χ2n) is 3.68. The molecular weight excluding hydrogens is 202 g/mol. The highest BCUT2D eigenvalue weighted by Gasteiger charge is 2.53. The lowest BCUT2D eigenvalue weighted by Crippen LogP contribution is -2.20. The smallest absolute Gasteiger partial charge is 0.314 e. The molecule has 0 bridgehead atoms. The minimum Gasteiger partial charge on any atom is -0.481 e. The second-order valence-corrected chi connectivity index (χ2v) is 4.04. The number of halogens is 1. The highest BCUT2D eigenvalue weighted by Crippen LogP contribution is 2.50. The molecule has 1 aromatic rings. The van der Waals surface area contributed by atoms with E-state index in [0.717, 1.165) is 5.69 Å². The van der Waals surface area contributed by atoms with Crippen molar-refractivity contribution in [2.75, 3.05) is 0 Å². The molecule has 0 spiro atoms. The average Bonchev–Trinajstić information content (AvgIpc) is 2.84. The Labute approximate surface area is 86.7 Å². The Hall–Kier alpha value is -1.09. The van der Waals surface area contributed by atoms with Crippen LogP contribution >= 0.6 is 11.6 Å². The van der Waals surface area contributed by atoms with Gasteiger partial charge in [-0.1, -0.05) is 17.7 Å². The number of carboxylic acids is 1. The first kappa shape index (κ1) is 9.46. The number of nitrogens with zero attached hydrogens (tertiary/aromatic N) is 1. The van der Waals surface area contributed by atoms with E-state index in [2.05, 4.69) is 4.98 Å². The van der Waals surface area contributed by atoms with Crippen molar-refractivity contribution < 1.29 is 9.90 Å². The molecule has 2 rings (SSSR count). The molecule has 1 saturated carbocycles. The van der Waals surface area contributed by atoms with E-state index in [1.54, 1.807) is 12.1 Å². The van der Waals surface area contributed by atoms with Crippen LogP contribution in [0.4, 0.5) is 0 Å². The molecule has 0 amide bonds. The summed E-state index contributed by atoms with van der Waals surface area (Å²) < 4.78 is 0. The molecule has 0 unspecified atom stereocenters. The third-order valence-corrected chi connectivity index (χ3v) is 2.95. The fourth-order valence-corrected chi connectivity index (χ4v) is 1.98. The Kier molecular flexibility index (Phi) is 2.00. The number of pyridine rings is 1. The molecule has 0 aromatic carbocycles. The summed E-state index contributed by atoms with van der Waals surface area (Å²) in [6.07, 6.45) is 1.32. The van der Waals surface area contributed by atoms with Gasteiger partial charge >= 0.3 is 5.97 Å². The average molecular weight is 212 g/mol. The van der Waals surface area contributed by atoms with Crippen LogP contribution in [0.5, 0.6) is 0 Å². The first-order valence-corrected chi connectivity index (χ1v) is 4.81. The minimum absolute atomic E-state index is 0.324. The maximum absolute atomic E-state index is 11.0. The van der Waals surface area contributed by atoms with Gasteiger partial charge in [-0.2, -0.15) is 0 Å². The van der Waals surface area contributed by atoms with Crippen molar-refractivity contribution in [1.29, 1.82) is 0 Å². The molecule has 1 aromatic heterocycles. The molecule has 4 heteroatoms. The Balaban J connectivity index is 2.47. The quantitative estimate of drug-likeness (QED) is 0.763. The van der Waals surface area contributed by atoms with Gasteiger partial charge in [-0.15, -0.1) is 0 Å². The van der Waals surface area contributed by atoms with E-state index < -0.39 is 11.4 Å². The SMILES string of the molecule is Cc1ccc(C2(C(=O)O)CC2)c(Cl)n1. The van der Waals surface area contributed by atoms with Crippen LogP contribution in [-0.4, -0.2) is 16.1 Å². The zero-order valence-corrected chi connectivity index (χ0v) is 8.51. The number of hydrogen-bond donors (Lipinski definition) is 1. The number of aromatic nitrogens is 1. The van der Waals surface area contributed by atoms with E-state index in [1.165, 1.54) is 0 Å². The van der Waals surface area contributed by atoms with Crippen LogP contribution in [0.25, 0.3) is 0 Å². The minimum atomic E-state index is -0.801. The predicted molar refractivity (Wildman–Crippen MR) is 52.5 cm³/mol. The highest BCUT2D eigenvalue weighted by molar-refractivity contribution is 6.30. The van der Waals surface area contributed by atoms with E-state index in [1.807, 2.05) is 6.92 Å². The fraction of sp³-hybridized carbons (Fsp3) is 0.400. The largest absolute Gasteiger partial charge is 0.481 e. The van der Waals surface area contributed by atoms with Gasteiger partial charge in [0.2, 0.25) is 0 Å². The molecule has 14 heavy (non-hydrogen) atoms. The normalized spacial score (nSPS) is 17.9. The number of carboxylic acid groups (broad SMARTS) is 1. The summed E-state index contributed by atoms with van der Waals surface area (Å²) in [6, 6.07) is 3.57. The lowest BCUT2D eigenvalue weighted by Gasteiger charge is -2.11. The van der Waals surface area contributed by atoms with Gasteiger partial charge in [-0.25, -0.2) is 4.98 Å². The maximum atomic E-state index is 11.0. The van der Waals surface area contributed by atoms with Crippen molar-refractivity contribution in [3.8, 4) is 0 Å². The Morgan fingerprint density at radius 3 is 2.64 bits per heavy atom. The molecule has 0 aliphatic heterocycles. The number of rotatable bonds is 2. The zero-order chi connectivity index (χ0) is 10.3. The number of hydrogen-bond acceptors (Lipinski definition) is 2. The lowest BCUT2D eigenvalue weighted by atomic mass is 9.98. The summed E-state index contributed by atoms with van der Waals surface area (Å²) in [5, 5.41) is 9.39. The van der Waals surface area contributed by atoms with Gasteiger partial charge in [0.05, 0.1) is 5.41 Å². The van der Waals surface area contributed by atoms with Crippen LogP contribution in [0.2, 0.25) is 5.15 Å². The van der Waals surface area contributed by atoms with Gasteiger partial charge in [0, 0.05) is 11.3 Å². The van der Waals surface area contributed by atoms with Crippen molar-refractivity contribution in [3.05, 3.63) is 28.5 Å². The van der Waals surface area contributed by atoms with Crippen LogP contribution in [-0.2, 0) is 10.2 Å². The Morgan fingerprint density at radius 1 is 1.57 bits per heavy atom. The molecule has 0 saturated heterocycles. The Morgan fingerprint density at radius 2 is 2.21 bits per heavy atom. The summed E-state index contributed by atoms with van der Waals surface area (Å²) in [7, 11) is 0. The molecule has 0 atom stereocenters. The number of carbonyl (C=O) groups is 1. The summed E-state index contributed by atoms with van der Waals surface area (Å²) in [6.45, 7) is 1.83. The standard InChI is InChI=1S/C10H10ClNO2/c1-6-2-3-7(8(11)12-6)10(4-5-10)9(13)14/h2-3H,4-5H2,1H3,(H,13,14). The first-order valence-electron chi connectivity index (χ1n) is 4.43. The topological polar surface area (TPSA) is 50.2 Å². The number of aryl methyl sites for hydroxylation is 1. The highest BCUT2D eigenvalue weighted by atomic mass is 35.5. The molecule has 0 radical (unpaired) electrons. The van der Waals surface area contributed by atoms with Crippen LogP contribution in [0, 0.1) is 6.92 Å². The van der Waals surface area contributed by atoms with Crippen LogP contribution in [0.1, 0.15) is 24.1 Å². The van der Waals surface area contributed by atoms with Crippen LogP contribution in [0.15, 0.2) is 12.1 Å². The van der Waals surface area contributed by atoms with Gasteiger partial charge < -0.3 is 5.11 Å². The van der Waals surface area contributed by atoms with Crippen LogP contribution < -0.4 is 0 Å². The van der Waals surface area contributed by atoms with Crippen molar-refractivity contribution in [3.63, 3.8) is 0 Å². The summed E-state index contributed by atoms with van der Waals surface area (Å²) >= 11 is 5.92. The maximum Gasteiger partial charge on any atom is 0.314 e. The van der Waals surface area contributed by atoms with Crippen molar-refractivity contribution in [2.45, 2.75) is 25.2 Å². The zero-order valence-electron chi connectivity index (χ0n) is 7.75. The monoisotopic (exact) mass is 211 g/mol. The second kappa shape index (κ2) is 2.95. The van der Waals surface area contributed by atoms with Gasteiger partial charge in [-0.05, 0) is 25.8 Å². The molecule has 74 valence electrons. The summed E-state index contributed by atoms with van der Waals surface area (Å²) in [5.74, 6) is -0.801. The van der Waals surface area contributed by atoms with E-state index >= 15 is 0 Å². The predicted octanol–water partition coefficient (Wildman–Crippen LogP) is 2.16. The van der Waals surface area contributed by atoms with Gasteiger partial charge in [0.15, 0.2) is 0 Å². The van der Waals surface area contributed by atoms with Crippen molar-refractivity contribution in [1.82, 2.24) is 4.98 Å². The van der Waals surface area contributed by atoms with Crippen molar-refractivity contribution in [2.24, 2.45) is 0 Å². The summed E-state index contributed by atoms with van der Waals surface area (Å²) in [4.78, 5) is 15.1. The Bertz CT molecular complexity index is 399. The molecule has 3 nitrogen and oxygen atoms in total. The van der Waals surface area contributed by atoms with Crippen LogP contribution in [0.3, 0.4) is 0 Å². The summed E-state index contributed by atoms with van der Waals surface area (Å²) in [5.41, 5.74) is 0.704. The molecule has 1 N–H and O–H groups in total. The van der Waals surface area contributed by atoms with E-state index in [4.69, 9.17) is 16.7 Å². The first-order chi connectivity index (χ1) is 6.56. The fourth-order valence-electron chi connectivity index (χ4n) is 1.61. The van der Waals surface area contributed by atoms with E-state index in [-0.39, 0.29) is 0 Å².